The molecule has 2 aromatic rings. The van der Waals surface area contributed by atoms with Gasteiger partial charge in [-0.25, -0.2) is 9.67 Å². The van der Waals surface area contributed by atoms with Crippen LogP contribution in [0.3, 0.4) is 0 Å². The van der Waals surface area contributed by atoms with Gasteiger partial charge >= 0.3 is 0 Å². The Hall–Kier alpha value is -2.44. The summed E-state index contributed by atoms with van der Waals surface area (Å²) >= 11 is 0. The number of aromatic nitrogens is 4. The third-order valence-electron chi connectivity index (χ3n) is 4.18. The number of carbonyl (C=O) groups is 1. The third kappa shape index (κ3) is 3.18. The quantitative estimate of drug-likeness (QED) is 0.906. The average Bonchev–Trinajstić information content (AvgIpc) is 3.02. The minimum absolute atomic E-state index is 0.150. The van der Waals surface area contributed by atoms with Crippen LogP contribution >= 0.6 is 0 Å². The van der Waals surface area contributed by atoms with Gasteiger partial charge in [0.25, 0.3) is 11.5 Å². The van der Waals surface area contributed by atoms with Crippen LogP contribution in [0.2, 0.25) is 0 Å². The maximum absolute atomic E-state index is 12.6. The highest BCUT2D eigenvalue weighted by atomic mass is 16.2. The molecule has 0 fully saturated rings. The standard InChI is InChI=1S/C16H23N5O2/c1-6-13(14-17-9-18-21(14)7-2)19-15(22)12-8-10(3)11(4)20(5)16(12)23/h8-9,13H,6-7H2,1-5H3,(H,19,22). The maximum Gasteiger partial charge on any atom is 0.263 e. The van der Waals surface area contributed by atoms with Crippen molar-refractivity contribution in [3.63, 3.8) is 0 Å². The fourth-order valence-electron chi connectivity index (χ4n) is 2.51. The number of hydrogen-bond donors (Lipinski definition) is 1. The van der Waals surface area contributed by atoms with Crippen molar-refractivity contribution in [1.82, 2.24) is 24.6 Å². The van der Waals surface area contributed by atoms with Crippen molar-refractivity contribution >= 4 is 5.91 Å². The highest BCUT2D eigenvalue weighted by molar-refractivity contribution is 5.94. The predicted molar refractivity (Wildman–Crippen MR) is 87.4 cm³/mol. The van der Waals surface area contributed by atoms with Crippen LogP contribution in [0.5, 0.6) is 0 Å². The Bertz CT molecular complexity index is 775. The van der Waals surface area contributed by atoms with Gasteiger partial charge in [-0.1, -0.05) is 6.92 Å². The van der Waals surface area contributed by atoms with Crippen LogP contribution in [0.15, 0.2) is 17.2 Å². The lowest BCUT2D eigenvalue weighted by Crippen LogP contribution is -2.36. The summed E-state index contributed by atoms with van der Waals surface area (Å²) in [4.78, 5) is 29.1. The molecule has 0 radical (unpaired) electrons. The Kier molecular flexibility index (Phi) is 4.98. The van der Waals surface area contributed by atoms with E-state index in [0.717, 1.165) is 11.3 Å². The third-order valence-corrected chi connectivity index (χ3v) is 4.18. The molecule has 0 saturated carbocycles. The van der Waals surface area contributed by atoms with Crippen LogP contribution < -0.4 is 10.9 Å². The zero-order valence-corrected chi connectivity index (χ0v) is 14.3. The zero-order valence-electron chi connectivity index (χ0n) is 14.3. The number of nitrogens with zero attached hydrogens (tertiary/aromatic N) is 4. The van der Waals surface area contributed by atoms with Gasteiger partial charge in [-0.15, -0.1) is 0 Å². The van der Waals surface area contributed by atoms with E-state index in [0.29, 0.717) is 18.8 Å². The van der Waals surface area contributed by atoms with Gasteiger partial charge in [0.15, 0.2) is 0 Å². The zero-order chi connectivity index (χ0) is 17.1. The topological polar surface area (TPSA) is 81.8 Å². The van der Waals surface area contributed by atoms with Gasteiger partial charge < -0.3 is 9.88 Å². The molecule has 7 nitrogen and oxygen atoms in total. The number of rotatable bonds is 5. The molecule has 1 N–H and O–H groups in total. The predicted octanol–water partition coefficient (Wildman–Crippen LogP) is 1.49. The van der Waals surface area contributed by atoms with Gasteiger partial charge in [0, 0.05) is 19.3 Å². The number of carbonyl (C=O) groups excluding carboxylic acids is 1. The van der Waals surface area contributed by atoms with Crippen molar-refractivity contribution in [2.45, 2.75) is 46.7 Å². The lowest BCUT2D eigenvalue weighted by atomic mass is 10.1. The van der Waals surface area contributed by atoms with E-state index in [1.165, 1.54) is 10.9 Å². The minimum atomic E-state index is -0.383. The van der Waals surface area contributed by atoms with Crippen molar-refractivity contribution in [3.8, 4) is 0 Å². The summed E-state index contributed by atoms with van der Waals surface area (Å²) in [6, 6.07) is 1.36. The monoisotopic (exact) mass is 317 g/mol. The molecule has 2 aromatic heterocycles. The minimum Gasteiger partial charge on any atom is -0.342 e. The van der Waals surface area contributed by atoms with E-state index in [1.807, 2.05) is 27.7 Å². The molecule has 1 unspecified atom stereocenters. The Balaban J connectivity index is 2.33. The molecule has 0 bridgehead atoms. The molecule has 0 saturated heterocycles. The first-order valence-electron chi connectivity index (χ1n) is 7.76. The van der Waals surface area contributed by atoms with Crippen molar-refractivity contribution in [3.05, 3.63) is 45.4 Å². The van der Waals surface area contributed by atoms with Gasteiger partial charge in [0.2, 0.25) is 0 Å². The first-order valence-corrected chi connectivity index (χ1v) is 7.76. The lowest BCUT2D eigenvalue weighted by molar-refractivity contribution is 0.0930. The van der Waals surface area contributed by atoms with Crippen LogP contribution in [0, 0.1) is 13.8 Å². The van der Waals surface area contributed by atoms with E-state index in [9.17, 15) is 9.59 Å². The van der Waals surface area contributed by atoms with Crippen LogP contribution in [0.4, 0.5) is 0 Å². The van der Waals surface area contributed by atoms with Crippen molar-refractivity contribution in [2.24, 2.45) is 7.05 Å². The molecule has 23 heavy (non-hydrogen) atoms. The van der Waals surface area contributed by atoms with Crippen molar-refractivity contribution < 1.29 is 4.79 Å². The summed E-state index contributed by atoms with van der Waals surface area (Å²) in [5.41, 5.74) is 1.61. The highest BCUT2D eigenvalue weighted by Crippen LogP contribution is 2.14. The molecule has 0 aliphatic rings. The summed E-state index contributed by atoms with van der Waals surface area (Å²) in [5.74, 6) is 0.315. The highest BCUT2D eigenvalue weighted by Gasteiger charge is 2.21. The first kappa shape index (κ1) is 16.9. The van der Waals surface area contributed by atoms with E-state index in [4.69, 9.17) is 0 Å². The lowest BCUT2D eigenvalue weighted by Gasteiger charge is -2.17. The van der Waals surface area contributed by atoms with E-state index < -0.39 is 0 Å². The summed E-state index contributed by atoms with van der Waals surface area (Å²) in [6.07, 6.45) is 2.14. The van der Waals surface area contributed by atoms with E-state index in [2.05, 4.69) is 15.4 Å². The van der Waals surface area contributed by atoms with Gasteiger partial charge in [0.1, 0.15) is 17.7 Å². The fourth-order valence-corrected chi connectivity index (χ4v) is 2.51. The molecular weight excluding hydrogens is 294 g/mol. The second-order valence-electron chi connectivity index (χ2n) is 5.56. The van der Waals surface area contributed by atoms with E-state index in [1.54, 1.807) is 17.8 Å². The molecule has 2 heterocycles. The number of hydrogen-bond acceptors (Lipinski definition) is 4. The summed E-state index contributed by atoms with van der Waals surface area (Å²) in [6.45, 7) is 8.34. The number of nitrogens with one attached hydrogen (secondary N) is 1. The van der Waals surface area contributed by atoms with Gasteiger partial charge in [-0.05, 0) is 38.8 Å². The Morgan fingerprint density at radius 3 is 2.65 bits per heavy atom. The van der Waals surface area contributed by atoms with Crippen molar-refractivity contribution in [1.29, 1.82) is 0 Å². The SMILES string of the molecule is CCC(NC(=O)c1cc(C)c(C)n(C)c1=O)c1ncnn1CC. The number of amides is 1. The average molecular weight is 317 g/mol. The smallest absolute Gasteiger partial charge is 0.263 e. The number of pyridine rings is 1. The molecule has 1 atom stereocenters. The first-order chi connectivity index (χ1) is 10.9. The molecule has 0 aliphatic heterocycles. The van der Waals surface area contributed by atoms with Crippen LogP contribution in [-0.2, 0) is 13.6 Å². The van der Waals surface area contributed by atoms with Crippen LogP contribution in [-0.4, -0.2) is 25.2 Å². The van der Waals surface area contributed by atoms with E-state index >= 15 is 0 Å². The Morgan fingerprint density at radius 1 is 1.35 bits per heavy atom. The van der Waals surface area contributed by atoms with Gasteiger partial charge in [-0.3, -0.25) is 9.59 Å². The summed E-state index contributed by atoms with van der Waals surface area (Å²) < 4.78 is 3.24. The molecule has 0 spiro atoms. The van der Waals surface area contributed by atoms with Gasteiger partial charge in [0.05, 0.1) is 6.04 Å². The van der Waals surface area contributed by atoms with Gasteiger partial charge in [-0.2, -0.15) is 5.10 Å². The molecule has 2 rings (SSSR count). The number of aryl methyl sites for hydroxylation is 2. The molecular formula is C16H23N5O2. The maximum atomic E-state index is 12.6. The summed E-state index contributed by atoms with van der Waals surface area (Å²) in [7, 11) is 1.67. The molecule has 0 aliphatic carbocycles. The Morgan fingerprint density at radius 2 is 2.04 bits per heavy atom. The second kappa shape index (κ2) is 6.76. The normalized spacial score (nSPS) is 12.2. The second-order valence-corrected chi connectivity index (χ2v) is 5.56. The van der Waals surface area contributed by atoms with Crippen LogP contribution in [0.25, 0.3) is 0 Å². The molecule has 124 valence electrons. The fraction of sp³-hybridized carbons (Fsp3) is 0.500. The molecule has 7 heteroatoms. The van der Waals surface area contributed by atoms with Crippen LogP contribution in [0.1, 0.15) is 53.7 Å². The van der Waals surface area contributed by atoms with E-state index in [-0.39, 0.29) is 23.1 Å². The Labute approximate surface area is 135 Å². The molecule has 0 aromatic carbocycles. The van der Waals surface area contributed by atoms with Crippen molar-refractivity contribution in [2.75, 3.05) is 0 Å². The molecule has 1 amide bonds. The summed E-state index contributed by atoms with van der Waals surface area (Å²) in [5, 5.41) is 7.03. The largest absolute Gasteiger partial charge is 0.342 e.